The second-order valence-corrected chi connectivity index (χ2v) is 7.97. The average molecular weight is 379 g/mol. The first-order valence-electron chi connectivity index (χ1n) is 9.86. The standard InChI is InChI=1S/C24H30N2O2/c1-16(2)20-13-21-19(12-24(27)28-23(21)11-17(20)3)14-25-15-22(26(4)5)18-9-7-6-8-10-18/h6-13,16,22,25H,14-15H2,1-5H3/t22-/m1/s1. The highest BCUT2D eigenvalue weighted by Gasteiger charge is 2.15. The highest BCUT2D eigenvalue weighted by atomic mass is 16.4. The predicted molar refractivity (Wildman–Crippen MR) is 116 cm³/mol. The van der Waals surface area contributed by atoms with Crippen LogP contribution in [0.15, 0.2) is 57.7 Å². The van der Waals surface area contributed by atoms with E-state index in [9.17, 15) is 4.79 Å². The van der Waals surface area contributed by atoms with Crippen molar-refractivity contribution in [2.45, 2.75) is 39.3 Å². The molecule has 1 atom stereocenters. The van der Waals surface area contributed by atoms with Crippen molar-refractivity contribution in [3.63, 3.8) is 0 Å². The molecule has 1 N–H and O–H groups in total. The van der Waals surface area contributed by atoms with Crippen LogP contribution >= 0.6 is 0 Å². The molecule has 0 saturated heterocycles. The zero-order chi connectivity index (χ0) is 20.3. The van der Waals surface area contributed by atoms with Gasteiger partial charge in [-0.2, -0.15) is 0 Å². The maximum Gasteiger partial charge on any atom is 0.336 e. The van der Waals surface area contributed by atoms with Gasteiger partial charge >= 0.3 is 5.63 Å². The van der Waals surface area contributed by atoms with Crippen LogP contribution in [-0.2, 0) is 6.54 Å². The number of hydrogen-bond donors (Lipinski definition) is 1. The summed E-state index contributed by atoms with van der Waals surface area (Å²) < 4.78 is 5.46. The van der Waals surface area contributed by atoms with Gasteiger partial charge in [-0.15, -0.1) is 0 Å². The fourth-order valence-electron chi connectivity index (χ4n) is 3.78. The Kier molecular flexibility index (Phi) is 6.32. The maximum absolute atomic E-state index is 12.1. The SMILES string of the molecule is Cc1cc2oc(=O)cc(CNC[C@H](c3ccccc3)N(C)C)c2cc1C(C)C. The smallest absolute Gasteiger partial charge is 0.336 e. The van der Waals surface area contributed by atoms with E-state index in [2.05, 4.69) is 75.4 Å². The largest absolute Gasteiger partial charge is 0.423 e. The zero-order valence-corrected chi connectivity index (χ0v) is 17.5. The number of likely N-dealkylation sites (N-methyl/N-ethyl adjacent to an activating group) is 1. The summed E-state index contributed by atoms with van der Waals surface area (Å²) in [5.74, 6) is 0.424. The number of hydrogen-bond acceptors (Lipinski definition) is 4. The minimum absolute atomic E-state index is 0.265. The Morgan fingerprint density at radius 2 is 1.79 bits per heavy atom. The van der Waals surface area contributed by atoms with Crippen molar-refractivity contribution in [1.82, 2.24) is 10.2 Å². The van der Waals surface area contributed by atoms with E-state index in [0.717, 1.165) is 23.1 Å². The summed E-state index contributed by atoms with van der Waals surface area (Å²) in [6.07, 6.45) is 0. The van der Waals surface area contributed by atoms with Crippen LogP contribution < -0.4 is 10.9 Å². The number of fused-ring (bicyclic) bond motifs is 1. The Hall–Kier alpha value is -2.43. The molecule has 0 aliphatic heterocycles. The van der Waals surface area contributed by atoms with Gasteiger partial charge in [-0.1, -0.05) is 44.2 Å². The normalized spacial score (nSPS) is 12.8. The first-order valence-corrected chi connectivity index (χ1v) is 9.86. The molecule has 0 spiro atoms. The molecule has 0 amide bonds. The predicted octanol–water partition coefficient (Wildman–Crippen LogP) is 4.62. The molecule has 3 rings (SSSR count). The lowest BCUT2D eigenvalue weighted by atomic mass is 9.95. The Balaban J connectivity index is 1.85. The Bertz CT molecular complexity index is 991. The summed E-state index contributed by atoms with van der Waals surface area (Å²) in [5, 5.41) is 4.56. The van der Waals surface area contributed by atoms with Crippen molar-refractivity contribution in [1.29, 1.82) is 0 Å². The lowest BCUT2D eigenvalue weighted by molar-refractivity contribution is 0.288. The van der Waals surface area contributed by atoms with Crippen molar-refractivity contribution in [3.05, 3.63) is 81.2 Å². The molecule has 0 unspecified atom stereocenters. The topological polar surface area (TPSA) is 45.5 Å². The number of rotatable bonds is 7. The lowest BCUT2D eigenvalue weighted by Gasteiger charge is -2.25. The quantitative estimate of drug-likeness (QED) is 0.610. The van der Waals surface area contributed by atoms with Crippen LogP contribution in [-0.4, -0.2) is 25.5 Å². The van der Waals surface area contributed by atoms with Crippen LogP contribution in [0.1, 0.15) is 48.1 Å². The molecule has 28 heavy (non-hydrogen) atoms. The van der Waals surface area contributed by atoms with E-state index < -0.39 is 0 Å². The van der Waals surface area contributed by atoms with Gasteiger partial charge in [-0.3, -0.25) is 0 Å². The lowest BCUT2D eigenvalue weighted by Crippen LogP contribution is -2.31. The van der Waals surface area contributed by atoms with Gasteiger partial charge < -0.3 is 14.6 Å². The van der Waals surface area contributed by atoms with Gasteiger partial charge in [0.1, 0.15) is 5.58 Å². The minimum atomic E-state index is -0.298. The van der Waals surface area contributed by atoms with Gasteiger partial charge in [0, 0.05) is 30.6 Å². The number of aryl methyl sites for hydroxylation is 1. The van der Waals surface area contributed by atoms with Crippen LogP contribution in [0, 0.1) is 6.92 Å². The third kappa shape index (κ3) is 4.51. The van der Waals surface area contributed by atoms with E-state index in [1.54, 1.807) is 6.07 Å². The number of benzene rings is 2. The molecule has 0 saturated carbocycles. The second-order valence-electron chi connectivity index (χ2n) is 7.97. The highest BCUT2D eigenvalue weighted by molar-refractivity contribution is 5.82. The van der Waals surface area contributed by atoms with Crippen LogP contribution in [0.25, 0.3) is 11.0 Å². The van der Waals surface area contributed by atoms with Gasteiger partial charge in [0.05, 0.1) is 0 Å². The third-order valence-electron chi connectivity index (χ3n) is 5.30. The molecule has 0 aliphatic carbocycles. The van der Waals surface area contributed by atoms with Crippen LogP contribution in [0.5, 0.6) is 0 Å². The summed E-state index contributed by atoms with van der Waals surface area (Å²) in [7, 11) is 4.17. The first-order chi connectivity index (χ1) is 13.4. The molecular weight excluding hydrogens is 348 g/mol. The van der Waals surface area contributed by atoms with E-state index in [1.165, 1.54) is 11.1 Å². The Morgan fingerprint density at radius 3 is 2.43 bits per heavy atom. The van der Waals surface area contributed by atoms with Gasteiger partial charge in [-0.05, 0) is 61.3 Å². The first kappa shape index (κ1) is 20.3. The van der Waals surface area contributed by atoms with E-state index in [0.29, 0.717) is 18.0 Å². The third-order valence-corrected chi connectivity index (χ3v) is 5.30. The zero-order valence-electron chi connectivity index (χ0n) is 17.5. The molecule has 148 valence electrons. The average Bonchev–Trinajstić information content (AvgIpc) is 2.64. The van der Waals surface area contributed by atoms with Crippen molar-refractivity contribution in [2.24, 2.45) is 0 Å². The van der Waals surface area contributed by atoms with Crippen molar-refractivity contribution >= 4 is 11.0 Å². The molecule has 0 bridgehead atoms. The molecule has 1 heterocycles. The number of nitrogens with zero attached hydrogens (tertiary/aromatic N) is 1. The van der Waals surface area contributed by atoms with Gasteiger partial charge in [0.15, 0.2) is 0 Å². The number of nitrogens with one attached hydrogen (secondary N) is 1. The van der Waals surface area contributed by atoms with E-state index in [1.807, 2.05) is 12.1 Å². The molecule has 3 aromatic rings. The monoisotopic (exact) mass is 378 g/mol. The molecule has 2 aromatic carbocycles. The summed E-state index contributed by atoms with van der Waals surface area (Å²) in [6.45, 7) is 7.86. The van der Waals surface area contributed by atoms with Crippen LogP contribution in [0.4, 0.5) is 0 Å². The van der Waals surface area contributed by atoms with Crippen molar-refractivity contribution in [2.75, 3.05) is 20.6 Å². The highest BCUT2D eigenvalue weighted by Crippen LogP contribution is 2.27. The molecule has 0 radical (unpaired) electrons. The second kappa shape index (κ2) is 8.72. The van der Waals surface area contributed by atoms with E-state index >= 15 is 0 Å². The minimum Gasteiger partial charge on any atom is -0.423 e. The Labute approximate surface area is 167 Å². The van der Waals surface area contributed by atoms with Gasteiger partial charge in [0.2, 0.25) is 0 Å². The molecule has 0 fully saturated rings. The maximum atomic E-state index is 12.1. The summed E-state index contributed by atoms with van der Waals surface area (Å²) in [6, 6.07) is 16.5. The molecular formula is C24H30N2O2. The van der Waals surface area contributed by atoms with Crippen molar-refractivity contribution in [3.8, 4) is 0 Å². The van der Waals surface area contributed by atoms with Crippen LogP contribution in [0.3, 0.4) is 0 Å². The molecule has 0 aliphatic rings. The summed E-state index contributed by atoms with van der Waals surface area (Å²) >= 11 is 0. The molecule has 4 heteroatoms. The fraction of sp³-hybridized carbons (Fsp3) is 0.375. The van der Waals surface area contributed by atoms with Gasteiger partial charge in [-0.25, -0.2) is 4.79 Å². The van der Waals surface area contributed by atoms with Gasteiger partial charge in [0.25, 0.3) is 0 Å². The molecule has 4 nitrogen and oxygen atoms in total. The van der Waals surface area contributed by atoms with E-state index in [-0.39, 0.29) is 11.7 Å². The summed E-state index contributed by atoms with van der Waals surface area (Å²) in [4.78, 5) is 14.3. The van der Waals surface area contributed by atoms with Crippen molar-refractivity contribution < 1.29 is 4.42 Å². The van der Waals surface area contributed by atoms with E-state index in [4.69, 9.17) is 4.42 Å². The van der Waals surface area contributed by atoms with Crippen LogP contribution in [0.2, 0.25) is 0 Å². The Morgan fingerprint density at radius 1 is 1.07 bits per heavy atom. The molecule has 1 aromatic heterocycles. The fourth-order valence-corrected chi connectivity index (χ4v) is 3.78. The summed E-state index contributed by atoms with van der Waals surface area (Å²) in [5.41, 5.74) is 5.08.